The molecule has 0 radical (unpaired) electrons. The first-order valence-electron chi connectivity index (χ1n) is 11.4. The number of hydrogen-bond donors (Lipinski definition) is 0. The number of epoxide rings is 1. The Balaban J connectivity index is 1.46. The first kappa shape index (κ1) is 19.1. The van der Waals surface area contributed by atoms with E-state index >= 15 is 0 Å². The lowest BCUT2D eigenvalue weighted by Gasteiger charge is -2.60. The highest BCUT2D eigenvalue weighted by Gasteiger charge is 2.82. The quantitative estimate of drug-likeness (QED) is 0.509. The molecule has 0 aromatic rings. The minimum absolute atomic E-state index is 0.00591. The number of hydrogen-bond acceptors (Lipinski definition) is 4. The second-order valence-corrected chi connectivity index (χ2v) is 11.4. The fourth-order valence-corrected chi connectivity index (χ4v) is 9.16. The lowest BCUT2D eigenvalue weighted by molar-refractivity contribution is -0.159. The van der Waals surface area contributed by atoms with E-state index in [0.717, 1.165) is 32.1 Å². The molecule has 0 bridgehead atoms. The number of carbonyl (C=O) groups excluding carboxylic acids is 2. The zero-order chi connectivity index (χ0) is 20.1. The van der Waals surface area contributed by atoms with E-state index in [9.17, 15) is 9.59 Å². The summed E-state index contributed by atoms with van der Waals surface area (Å²) in [5.74, 6) is 2.48. The third-order valence-corrected chi connectivity index (χ3v) is 10.3. The lowest BCUT2D eigenvalue weighted by atomic mass is 9.42. The molecule has 28 heavy (non-hydrogen) atoms. The van der Waals surface area contributed by atoms with E-state index in [2.05, 4.69) is 20.8 Å². The lowest BCUT2D eigenvalue weighted by Crippen LogP contribution is -2.61. The van der Waals surface area contributed by atoms with E-state index in [1.807, 2.05) is 0 Å². The number of carbonyl (C=O) groups is 2. The summed E-state index contributed by atoms with van der Waals surface area (Å²) in [5, 5.41) is 0. The van der Waals surface area contributed by atoms with Gasteiger partial charge in [-0.1, -0.05) is 13.8 Å². The Kier molecular flexibility index (Phi) is 3.83. The molecule has 5 rings (SSSR count). The number of fused-ring (bicyclic) bond motifs is 4. The molecule has 4 aliphatic carbocycles. The van der Waals surface area contributed by atoms with Crippen molar-refractivity contribution in [2.24, 2.45) is 34.5 Å². The average molecular weight is 389 g/mol. The number of ketones is 1. The molecule has 4 saturated carbocycles. The van der Waals surface area contributed by atoms with E-state index in [0.29, 0.717) is 23.5 Å². The van der Waals surface area contributed by atoms with Crippen LogP contribution < -0.4 is 0 Å². The van der Waals surface area contributed by atoms with Gasteiger partial charge in [-0.25, -0.2) is 0 Å². The molecule has 1 aliphatic heterocycles. The van der Waals surface area contributed by atoms with Crippen molar-refractivity contribution in [1.82, 2.24) is 0 Å². The van der Waals surface area contributed by atoms with Crippen LogP contribution in [0, 0.1) is 34.5 Å². The Bertz CT molecular complexity index is 732. The van der Waals surface area contributed by atoms with Gasteiger partial charge in [0.2, 0.25) is 0 Å². The molecular weight excluding hydrogens is 352 g/mol. The van der Waals surface area contributed by atoms with E-state index in [1.54, 1.807) is 6.92 Å². The smallest absolute Gasteiger partial charge is 0.302 e. The van der Waals surface area contributed by atoms with Crippen LogP contribution in [0.1, 0.15) is 86.0 Å². The van der Waals surface area contributed by atoms with Crippen LogP contribution in [0.2, 0.25) is 0 Å². The highest BCUT2D eigenvalue weighted by atomic mass is 16.6. The molecule has 4 nitrogen and oxygen atoms in total. The number of ether oxygens (including phenoxy) is 2. The summed E-state index contributed by atoms with van der Waals surface area (Å²) in [6.45, 7) is 10.5. The molecule has 5 aliphatic rings. The zero-order valence-corrected chi connectivity index (χ0v) is 18.2. The van der Waals surface area contributed by atoms with Gasteiger partial charge in [0.15, 0.2) is 0 Å². The third kappa shape index (κ3) is 2.16. The number of esters is 1. The summed E-state index contributed by atoms with van der Waals surface area (Å²) in [6.07, 6.45) is 8.71. The van der Waals surface area contributed by atoms with E-state index in [-0.39, 0.29) is 40.0 Å². The Hall–Kier alpha value is -0.900. The SMILES string of the molecule is CC(=O)O[C@H]1CC[C@]2(C)[C@H]3CC[C@]4(C)[C@@H](C(C)=O)CC[C@H]4[C@@H]3C[C@]3(C)O[C@@]32C1. The van der Waals surface area contributed by atoms with Gasteiger partial charge < -0.3 is 9.47 Å². The second-order valence-electron chi connectivity index (χ2n) is 11.4. The van der Waals surface area contributed by atoms with Gasteiger partial charge in [-0.2, -0.15) is 0 Å². The van der Waals surface area contributed by atoms with Crippen molar-refractivity contribution in [2.75, 3.05) is 0 Å². The van der Waals surface area contributed by atoms with E-state index < -0.39 is 0 Å². The first-order chi connectivity index (χ1) is 13.1. The zero-order valence-electron chi connectivity index (χ0n) is 18.2. The van der Waals surface area contributed by atoms with Gasteiger partial charge in [-0.15, -0.1) is 0 Å². The molecule has 0 N–H and O–H groups in total. The predicted molar refractivity (Wildman–Crippen MR) is 106 cm³/mol. The van der Waals surface area contributed by atoms with Crippen molar-refractivity contribution in [3.05, 3.63) is 0 Å². The van der Waals surface area contributed by atoms with Crippen molar-refractivity contribution in [2.45, 2.75) is 103 Å². The Morgan fingerprint density at radius 2 is 1.68 bits per heavy atom. The van der Waals surface area contributed by atoms with Crippen LogP contribution in [0.4, 0.5) is 0 Å². The molecule has 156 valence electrons. The van der Waals surface area contributed by atoms with E-state index in [4.69, 9.17) is 9.47 Å². The Morgan fingerprint density at radius 1 is 0.929 bits per heavy atom. The average Bonchev–Trinajstić information content (AvgIpc) is 3.01. The van der Waals surface area contributed by atoms with E-state index in [1.165, 1.54) is 26.2 Å². The molecule has 5 fully saturated rings. The summed E-state index contributed by atoms with van der Waals surface area (Å²) < 4.78 is 12.3. The van der Waals surface area contributed by atoms with Gasteiger partial charge in [0, 0.05) is 24.7 Å². The molecule has 4 heteroatoms. The van der Waals surface area contributed by atoms with Crippen molar-refractivity contribution >= 4 is 11.8 Å². The van der Waals surface area contributed by atoms with Crippen LogP contribution in [-0.2, 0) is 19.1 Å². The fourth-order valence-electron chi connectivity index (χ4n) is 9.16. The minimum atomic E-state index is -0.171. The van der Waals surface area contributed by atoms with Crippen molar-refractivity contribution < 1.29 is 19.1 Å². The summed E-state index contributed by atoms with van der Waals surface area (Å²) in [4.78, 5) is 23.9. The molecule has 9 atom stereocenters. The summed E-state index contributed by atoms with van der Waals surface area (Å²) in [6, 6.07) is 0. The minimum Gasteiger partial charge on any atom is -0.462 e. The molecule has 1 saturated heterocycles. The summed E-state index contributed by atoms with van der Waals surface area (Å²) in [7, 11) is 0. The maximum atomic E-state index is 12.3. The second kappa shape index (κ2) is 5.62. The maximum Gasteiger partial charge on any atom is 0.302 e. The van der Waals surface area contributed by atoms with Gasteiger partial charge in [0.25, 0.3) is 0 Å². The van der Waals surface area contributed by atoms with Crippen LogP contribution in [0.3, 0.4) is 0 Å². The van der Waals surface area contributed by atoms with Crippen molar-refractivity contribution in [3.63, 3.8) is 0 Å². The molecule has 0 amide bonds. The van der Waals surface area contributed by atoms with Gasteiger partial charge >= 0.3 is 5.97 Å². The normalized spacial score (nSPS) is 56.7. The monoisotopic (exact) mass is 388 g/mol. The molecular formula is C24H36O4. The number of rotatable bonds is 2. The Morgan fingerprint density at radius 3 is 2.36 bits per heavy atom. The predicted octanol–water partition coefficient (Wildman–Crippen LogP) is 4.69. The van der Waals surface area contributed by atoms with Crippen LogP contribution in [0.15, 0.2) is 0 Å². The standard InChI is InChI=1S/C24H36O4/c1-14(25)18-6-7-19-17-13-23(5)24(28-23)12-16(27-15(2)26)8-11-22(24,4)20(17)9-10-21(18,19)3/h16-20H,6-13H2,1-5H3/t16-,17-,18+,19-,20-,21+,22+,23-,24+/m0/s1. The van der Waals surface area contributed by atoms with Gasteiger partial charge in [-0.05, 0) is 82.0 Å². The van der Waals surface area contributed by atoms with Crippen LogP contribution >= 0.6 is 0 Å². The van der Waals surface area contributed by atoms with Crippen molar-refractivity contribution in [1.29, 1.82) is 0 Å². The first-order valence-corrected chi connectivity index (χ1v) is 11.4. The maximum absolute atomic E-state index is 12.3. The third-order valence-electron chi connectivity index (χ3n) is 10.3. The Labute approximate surface area is 169 Å². The highest BCUT2D eigenvalue weighted by Crippen LogP contribution is 2.77. The molecule has 0 aromatic heterocycles. The topological polar surface area (TPSA) is 55.9 Å². The van der Waals surface area contributed by atoms with Gasteiger partial charge in [0.05, 0.1) is 5.60 Å². The molecule has 0 aromatic carbocycles. The summed E-state index contributed by atoms with van der Waals surface area (Å²) >= 11 is 0. The molecule has 1 heterocycles. The van der Waals surface area contributed by atoms with Gasteiger partial charge in [-0.3, -0.25) is 9.59 Å². The summed E-state index contributed by atoms with van der Waals surface area (Å²) in [5.41, 5.74) is 0.140. The van der Waals surface area contributed by atoms with Crippen LogP contribution in [-0.4, -0.2) is 29.1 Å². The largest absolute Gasteiger partial charge is 0.462 e. The van der Waals surface area contributed by atoms with Crippen LogP contribution in [0.25, 0.3) is 0 Å². The highest BCUT2D eigenvalue weighted by molar-refractivity contribution is 5.79. The van der Waals surface area contributed by atoms with Crippen molar-refractivity contribution in [3.8, 4) is 0 Å². The number of Topliss-reactive ketones (excluding diaryl/α,β-unsaturated/α-hetero) is 1. The van der Waals surface area contributed by atoms with Gasteiger partial charge in [0.1, 0.15) is 17.5 Å². The molecule has 1 spiro atoms. The van der Waals surface area contributed by atoms with Crippen LogP contribution in [0.5, 0.6) is 0 Å². The molecule has 0 unspecified atom stereocenters. The fraction of sp³-hybridized carbons (Fsp3) is 0.917.